The van der Waals surface area contributed by atoms with E-state index in [4.69, 9.17) is 4.74 Å². The van der Waals surface area contributed by atoms with Crippen LogP contribution in [0.25, 0.3) is 0 Å². The van der Waals surface area contributed by atoms with Gasteiger partial charge in [0.25, 0.3) is 0 Å². The second-order valence-corrected chi connectivity index (χ2v) is 8.08. The van der Waals surface area contributed by atoms with E-state index in [1.54, 1.807) is 0 Å². The number of unbranched alkanes of at least 4 members (excludes halogenated alkanes) is 1. The summed E-state index contributed by atoms with van der Waals surface area (Å²) in [5, 5.41) is 0. The van der Waals surface area contributed by atoms with Gasteiger partial charge >= 0.3 is 5.97 Å². The Hall–Kier alpha value is -3.84. The van der Waals surface area contributed by atoms with Gasteiger partial charge in [-0.2, -0.15) is 0 Å². The first-order chi connectivity index (χ1) is 16.1. The molecule has 166 valence electrons. The van der Waals surface area contributed by atoms with Crippen LogP contribution in [-0.2, 0) is 22.6 Å². The molecule has 3 aromatic rings. The van der Waals surface area contributed by atoms with E-state index in [2.05, 4.69) is 18.8 Å². The molecule has 33 heavy (non-hydrogen) atoms. The monoisotopic (exact) mass is 437 g/mol. The van der Waals surface area contributed by atoms with E-state index in [-0.39, 0.29) is 18.3 Å². The van der Waals surface area contributed by atoms with E-state index in [0.717, 1.165) is 28.8 Å². The summed E-state index contributed by atoms with van der Waals surface area (Å²) in [6.45, 7) is 2.57. The molecule has 4 rings (SSSR count). The van der Waals surface area contributed by atoms with Crippen molar-refractivity contribution in [3.8, 4) is 17.6 Å². The van der Waals surface area contributed by atoms with Crippen LogP contribution in [-0.4, -0.2) is 11.9 Å². The molecule has 0 unspecified atom stereocenters. The van der Waals surface area contributed by atoms with Gasteiger partial charge in [-0.3, -0.25) is 9.59 Å². The third-order valence-electron chi connectivity index (χ3n) is 5.76. The SMILES string of the molecule is CCc1ccc(OC(=O)CCCCC(=O)N2Cc3ccccc3C#Cc3ccccc32)cc1. The molecular formula is C29H27NO3. The summed E-state index contributed by atoms with van der Waals surface area (Å²) in [6.07, 6.45) is 2.82. The molecular weight excluding hydrogens is 410 g/mol. The zero-order chi connectivity index (χ0) is 23.0. The third-order valence-corrected chi connectivity index (χ3v) is 5.76. The molecule has 4 nitrogen and oxygen atoms in total. The first-order valence-corrected chi connectivity index (χ1v) is 11.4. The molecule has 0 atom stereocenters. The van der Waals surface area contributed by atoms with Crippen LogP contribution in [0.1, 0.15) is 54.9 Å². The smallest absolute Gasteiger partial charge is 0.311 e. The van der Waals surface area contributed by atoms with E-state index >= 15 is 0 Å². The maximum absolute atomic E-state index is 13.2. The fourth-order valence-electron chi connectivity index (χ4n) is 3.86. The minimum Gasteiger partial charge on any atom is -0.427 e. The van der Waals surface area contributed by atoms with E-state index in [1.165, 1.54) is 5.56 Å². The molecule has 0 N–H and O–H groups in total. The predicted octanol–water partition coefficient (Wildman–Crippen LogP) is 5.66. The summed E-state index contributed by atoms with van der Waals surface area (Å²) >= 11 is 0. The minimum absolute atomic E-state index is 0.0319. The lowest BCUT2D eigenvalue weighted by molar-refractivity contribution is -0.134. The largest absolute Gasteiger partial charge is 0.427 e. The number of carbonyl (C=O) groups excluding carboxylic acids is 2. The summed E-state index contributed by atoms with van der Waals surface area (Å²) in [5.41, 5.74) is 4.86. The fraction of sp³-hybridized carbons (Fsp3) is 0.241. The minimum atomic E-state index is -0.271. The van der Waals surface area contributed by atoms with E-state index in [9.17, 15) is 9.59 Å². The number of carbonyl (C=O) groups is 2. The van der Waals surface area contributed by atoms with Crippen LogP contribution < -0.4 is 9.64 Å². The van der Waals surface area contributed by atoms with Crippen molar-refractivity contribution in [2.75, 3.05) is 4.90 Å². The maximum atomic E-state index is 13.2. The first-order valence-electron chi connectivity index (χ1n) is 11.4. The van der Waals surface area contributed by atoms with Crippen molar-refractivity contribution in [2.45, 2.75) is 45.6 Å². The lowest BCUT2D eigenvalue weighted by Gasteiger charge is -2.26. The molecule has 0 saturated heterocycles. The van der Waals surface area contributed by atoms with Gasteiger partial charge in [-0.05, 0) is 60.7 Å². The van der Waals surface area contributed by atoms with Gasteiger partial charge in [0.2, 0.25) is 5.91 Å². The van der Waals surface area contributed by atoms with Crippen molar-refractivity contribution in [2.24, 2.45) is 0 Å². The van der Waals surface area contributed by atoms with Gasteiger partial charge in [-0.25, -0.2) is 0 Å². The Morgan fingerprint density at radius 1 is 0.848 bits per heavy atom. The van der Waals surface area contributed by atoms with Crippen LogP contribution in [0.5, 0.6) is 5.75 Å². The molecule has 1 aliphatic rings. The Labute approximate surface area is 195 Å². The van der Waals surface area contributed by atoms with Crippen LogP contribution in [0.3, 0.4) is 0 Å². The lowest BCUT2D eigenvalue weighted by atomic mass is 10.0. The molecule has 0 bridgehead atoms. The van der Waals surface area contributed by atoms with Gasteiger partial charge in [0.15, 0.2) is 0 Å². The number of amides is 1. The van der Waals surface area contributed by atoms with Crippen molar-refractivity contribution in [1.82, 2.24) is 0 Å². The summed E-state index contributed by atoms with van der Waals surface area (Å²) < 4.78 is 5.40. The summed E-state index contributed by atoms with van der Waals surface area (Å²) in [4.78, 5) is 27.2. The van der Waals surface area contributed by atoms with Crippen molar-refractivity contribution < 1.29 is 14.3 Å². The van der Waals surface area contributed by atoms with Crippen LogP contribution in [0.4, 0.5) is 5.69 Å². The summed E-state index contributed by atoms with van der Waals surface area (Å²) in [5.74, 6) is 6.77. The van der Waals surface area contributed by atoms with Crippen LogP contribution >= 0.6 is 0 Å². The number of fused-ring (bicyclic) bond motifs is 2. The maximum Gasteiger partial charge on any atom is 0.311 e. The molecule has 1 amide bonds. The number of hydrogen-bond donors (Lipinski definition) is 0. The van der Waals surface area contributed by atoms with Crippen molar-refractivity contribution in [3.05, 3.63) is 95.1 Å². The van der Waals surface area contributed by atoms with E-state index in [0.29, 0.717) is 31.6 Å². The van der Waals surface area contributed by atoms with Gasteiger partial charge in [-0.1, -0.05) is 61.2 Å². The number of hydrogen-bond acceptors (Lipinski definition) is 3. The molecule has 4 heteroatoms. The van der Waals surface area contributed by atoms with Crippen LogP contribution in [0, 0.1) is 11.8 Å². The Bertz CT molecular complexity index is 1200. The summed E-state index contributed by atoms with van der Waals surface area (Å²) in [7, 11) is 0. The number of rotatable bonds is 7. The molecule has 0 spiro atoms. The van der Waals surface area contributed by atoms with Gasteiger partial charge in [0, 0.05) is 24.0 Å². The number of anilines is 1. The molecule has 1 aliphatic heterocycles. The third kappa shape index (κ3) is 5.70. The number of ether oxygens (including phenoxy) is 1. The molecule has 3 aromatic carbocycles. The van der Waals surface area contributed by atoms with E-state index < -0.39 is 0 Å². The molecule has 0 radical (unpaired) electrons. The molecule has 0 fully saturated rings. The van der Waals surface area contributed by atoms with Gasteiger partial charge in [0.1, 0.15) is 5.75 Å². The van der Waals surface area contributed by atoms with Crippen molar-refractivity contribution in [1.29, 1.82) is 0 Å². The highest BCUT2D eigenvalue weighted by atomic mass is 16.5. The topological polar surface area (TPSA) is 46.6 Å². The second-order valence-electron chi connectivity index (χ2n) is 8.08. The van der Waals surface area contributed by atoms with Gasteiger partial charge in [0.05, 0.1) is 12.2 Å². The Balaban J connectivity index is 1.35. The average Bonchev–Trinajstić information content (AvgIpc) is 2.83. The highest BCUT2D eigenvalue weighted by Crippen LogP contribution is 2.26. The molecule has 0 saturated carbocycles. The summed E-state index contributed by atoms with van der Waals surface area (Å²) in [6, 6.07) is 23.3. The molecule has 0 aromatic heterocycles. The number of benzene rings is 3. The van der Waals surface area contributed by atoms with Gasteiger partial charge in [-0.15, -0.1) is 0 Å². The van der Waals surface area contributed by atoms with Crippen molar-refractivity contribution >= 4 is 17.6 Å². The van der Waals surface area contributed by atoms with Gasteiger partial charge < -0.3 is 9.64 Å². The zero-order valence-corrected chi connectivity index (χ0v) is 18.8. The normalized spacial score (nSPS) is 11.8. The molecule has 1 heterocycles. The Kier molecular flexibility index (Phi) is 7.22. The first kappa shape index (κ1) is 22.4. The Morgan fingerprint density at radius 2 is 1.52 bits per heavy atom. The number of para-hydroxylation sites is 1. The Morgan fingerprint density at radius 3 is 2.30 bits per heavy atom. The average molecular weight is 438 g/mol. The quantitative estimate of drug-likeness (QED) is 0.207. The highest BCUT2D eigenvalue weighted by molar-refractivity contribution is 5.95. The standard InChI is InChI=1S/C29H27NO3/c1-2-22-15-19-26(20-16-22)33-29(32)14-8-7-13-28(31)30-21-25-11-4-3-9-23(25)17-18-24-10-5-6-12-27(24)30/h3-6,9-12,15-16,19-20H,2,7-8,13-14,21H2,1H3. The van der Waals surface area contributed by atoms with Crippen LogP contribution in [0.2, 0.25) is 0 Å². The number of nitrogens with zero attached hydrogens (tertiary/aromatic N) is 1. The predicted molar refractivity (Wildman–Crippen MR) is 130 cm³/mol. The highest BCUT2D eigenvalue weighted by Gasteiger charge is 2.20. The zero-order valence-electron chi connectivity index (χ0n) is 18.8. The molecule has 0 aliphatic carbocycles. The number of esters is 1. The second kappa shape index (κ2) is 10.7. The fourth-order valence-corrected chi connectivity index (χ4v) is 3.86. The lowest BCUT2D eigenvalue weighted by Crippen LogP contribution is -2.31. The van der Waals surface area contributed by atoms with Crippen molar-refractivity contribution in [3.63, 3.8) is 0 Å². The van der Waals surface area contributed by atoms with Crippen LogP contribution in [0.15, 0.2) is 72.8 Å². The number of aryl methyl sites for hydroxylation is 1. The van der Waals surface area contributed by atoms with E-state index in [1.807, 2.05) is 77.7 Å².